The number of methoxy groups -OCH3 is 1. The molecular formula is C13H18ClNO2. The third-order valence-corrected chi connectivity index (χ3v) is 2.84. The molecule has 0 saturated heterocycles. The van der Waals surface area contributed by atoms with Crippen LogP contribution < -0.4 is 4.90 Å². The molecule has 0 saturated carbocycles. The second kappa shape index (κ2) is 6.03. The fraction of sp³-hybridized carbons (Fsp3) is 0.462. The largest absolute Gasteiger partial charge is 0.361 e. The number of para-hydroxylation sites is 1. The van der Waals surface area contributed by atoms with E-state index >= 15 is 0 Å². The summed E-state index contributed by atoms with van der Waals surface area (Å²) in [7, 11) is 1.57. The Kier molecular flexibility index (Phi) is 4.97. The Hall–Kier alpha value is -1.06. The molecule has 0 aliphatic rings. The van der Waals surface area contributed by atoms with Gasteiger partial charge in [-0.15, -0.1) is 11.6 Å². The van der Waals surface area contributed by atoms with Crippen LogP contribution in [-0.4, -0.2) is 24.6 Å². The average Bonchev–Trinajstić information content (AvgIpc) is 2.31. The lowest BCUT2D eigenvalue weighted by atomic mass is 10.1. The van der Waals surface area contributed by atoms with Crippen molar-refractivity contribution in [3.05, 3.63) is 29.8 Å². The fourth-order valence-electron chi connectivity index (χ4n) is 1.62. The van der Waals surface area contributed by atoms with Crippen molar-refractivity contribution in [3.63, 3.8) is 0 Å². The smallest absolute Gasteiger partial charge is 0.246 e. The van der Waals surface area contributed by atoms with Gasteiger partial charge in [0, 0.05) is 12.8 Å². The molecule has 0 aliphatic heterocycles. The average molecular weight is 256 g/mol. The fourth-order valence-corrected chi connectivity index (χ4v) is 1.73. The monoisotopic (exact) mass is 255 g/mol. The third kappa shape index (κ3) is 3.20. The molecule has 0 radical (unpaired) electrons. The van der Waals surface area contributed by atoms with Crippen LogP contribution in [0, 0.1) is 6.92 Å². The zero-order chi connectivity index (χ0) is 13.0. The number of hydrogen-bond donors (Lipinski definition) is 0. The van der Waals surface area contributed by atoms with Crippen molar-refractivity contribution in [2.24, 2.45) is 0 Å². The van der Waals surface area contributed by atoms with Crippen molar-refractivity contribution in [1.29, 1.82) is 0 Å². The normalized spacial score (nSPS) is 14.2. The molecular weight excluding hydrogens is 238 g/mol. The van der Waals surface area contributed by atoms with E-state index in [4.69, 9.17) is 16.3 Å². The Morgan fingerprint density at radius 2 is 1.94 bits per heavy atom. The van der Waals surface area contributed by atoms with Gasteiger partial charge >= 0.3 is 0 Å². The zero-order valence-corrected chi connectivity index (χ0v) is 11.4. The van der Waals surface area contributed by atoms with Gasteiger partial charge in [0.05, 0.1) is 0 Å². The molecule has 1 aromatic rings. The molecule has 1 amide bonds. The van der Waals surface area contributed by atoms with Crippen molar-refractivity contribution in [2.75, 3.05) is 12.0 Å². The van der Waals surface area contributed by atoms with Crippen LogP contribution in [0.5, 0.6) is 0 Å². The minimum absolute atomic E-state index is 0.157. The van der Waals surface area contributed by atoms with Gasteiger partial charge in [0.2, 0.25) is 5.91 Å². The summed E-state index contributed by atoms with van der Waals surface area (Å²) in [6.07, 6.45) is -0.343. The molecule has 2 atom stereocenters. The Bertz CT molecular complexity index is 393. The molecule has 17 heavy (non-hydrogen) atoms. The number of ether oxygens (including phenoxy) is 1. The van der Waals surface area contributed by atoms with Crippen LogP contribution >= 0.6 is 11.6 Å². The first-order valence-electron chi connectivity index (χ1n) is 5.54. The van der Waals surface area contributed by atoms with Crippen LogP contribution in [0.25, 0.3) is 0 Å². The number of carbonyl (C=O) groups is 1. The quantitative estimate of drug-likeness (QED) is 0.612. The van der Waals surface area contributed by atoms with E-state index < -0.39 is 5.38 Å². The highest BCUT2D eigenvalue weighted by Gasteiger charge is 2.26. The lowest BCUT2D eigenvalue weighted by molar-refractivity contribution is -0.120. The minimum Gasteiger partial charge on any atom is -0.361 e. The van der Waals surface area contributed by atoms with Crippen LogP contribution in [0.15, 0.2) is 24.3 Å². The van der Waals surface area contributed by atoms with Gasteiger partial charge in [0.15, 0.2) is 0 Å². The Balaban J connectivity index is 3.16. The standard InChI is InChI=1S/C13H18ClNO2/c1-9-7-5-6-8-12(9)15(11(3)17-4)13(16)10(2)14/h5-8,10-11H,1-4H3. The molecule has 1 aromatic carbocycles. The summed E-state index contributed by atoms with van der Waals surface area (Å²) in [5.41, 5.74) is 1.85. The predicted octanol–water partition coefficient (Wildman–Crippen LogP) is 2.95. The van der Waals surface area contributed by atoms with E-state index in [-0.39, 0.29) is 12.1 Å². The Morgan fingerprint density at radius 1 is 1.35 bits per heavy atom. The van der Waals surface area contributed by atoms with Gasteiger partial charge in [-0.2, -0.15) is 0 Å². The lowest BCUT2D eigenvalue weighted by Crippen LogP contribution is -2.43. The maximum absolute atomic E-state index is 12.1. The Labute approximate surface area is 107 Å². The molecule has 0 aromatic heterocycles. The number of carbonyl (C=O) groups excluding carboxylic acids is 1. The molecule has 1 rings (SSSR count). The lowest BCUT2D eigenvalue weighted by Gasteiger charge is -2.30. The second-order valence-electron chi connectivity index (χ2n) is 3.95. The molecule has 4 heteroatoms. The van der Waals surface area contributed by atoms with Crippen molar-refractivity contribution in [1.82, 2.24) is 0 Å². The summed E-state index contributed by atoms with van der Waals surface area (Å²) in [6, 6.07) is 7.67. The summed E-state index contributed by atoms with van der Waals surface area (Å²) >= 11 is 5.88. The van der Waals surface area contributed by atoms with E-state index in [0.29, 0.717) is 0 Å². The Morgan fingerprint density at radius 3 is 2.41 bits per heavy atom. The number of alkyl halides is 1. The summed E-state index contributed by atoms with van der Waals surface area (Å²) < 4.78 is 5.24. The second-order valence-corrected chi connectivity index (χ2v) is 4.60. The molecule has 0 N–H and O–H groups in total. The van der Waals surface area contributed by atoms with Crippen LogP contribution in [0.1, 0.15) is 19.4 Å². The zero-order valence-electron chi connectivity index (χ0n) is 10.6. The van der Waals surface area contributed by atoms with E-state index in [0.717, 1.165) is 11.3 Å². The van der Waals surface area contributed by atoms with Gasteiger partial charge in [-0.05, 0) is 32.4 Å². The van der Waals surface area contributed by atoms with Crippen LogP contribution in [0.4, 0.5) is 5.69 Å². The van der Waals surface area contributed by atoms with E-state index in [9.17, 15) is 4.79 Å². The van der Waals surface area contributed by atoms with Gasteiger partial charge in [-0.25, -0.2) is 0 Å². The van der Waals surface area contributed by atoms with Crippen LogP contribution in [-0.2, 0) is 9.53 Å². The summed E-state index contributed by atoms with van der Waals surface area (Å²) in [5, 5.41) is -0.577. The van der Waals surface area contributed by atoms with Crippen molar-refractivity contribution >= 4 is 23.2 Å². The first kappa shape index (κ1) is 14.0. The molecule has 0 bridgehead atoms. The number of rotatable bonds is 4. The van der Waals surface area contributed by atoms with E-state index in [1.807, 2.05) is 38.1 Å². The highest BCUT2D eigenvalue weighted by molar-refractivity contribution is 6.32. The molecule has 3 nitrogen and oxygen atoms in total. The number of amides is 1. The third-order valence-electron chi connectivity index (χ3n) is 2.66. The molecule has 0 aliphatic carbocycles. The summed E-state index contributed by atoms with van der Waals surface area (Å²) in [6.45, 7) is 5.44. The maximum Gasteiger partial charge on any atom is 0.246 e. The number of anilines is 1. The number of benzene rings is 1. The molecule has 2 unspecified atom stereocenters. The van der Waals surface area contributed by atoms with E-state index in [1.54, 1.807) is 18.9 Å². The SMILES string of the molecule is COC(C)N(C(=O)C(C)Cl)c1ccccc1C. The first-order valence-corrected chi connectivity index (χ1v) is 5.98. The first-order chi connectivity index (χ1) is 7.99. The highest BCUT2D eigenvalue weighted by atomic mass is 35.5. The maximum atomic E-state index is 12.1. The minimum atomic E-state index is -0.577. The van der Waals surface area contributed by atoms with Crippen LogP contribution in [0.2, 0.25) is 0 Å². The van der Waals surface area contributed by atoms with Gasteiger partial charge in [0.1, 0.15) is 11.6 Å². The molecule has 94 valence electrons. The van der Waals surface area contributed by atoms with Gasteiger partial charge in [0.25, 0.3) is 0 Å². The topological polar surface area (TPSA) is 29.5 Å². The number of aryl methyl sites for hydroxylation is 1. The summed E-state index contributed by atoms with van der Waals surface area (Å²) in [4.78, 5) is 13.7. The van der Waals surface area contributed by atoms with Crippen molar-refractivity contribution in [2.45, 2.75) is 32.4 Å². The van der Waals surface area contributed by atoms with Crippen LogP contribution in [0.3, 0.4) is 0 Å². The van der Waals surface area contributed by atoms with Gasteiger partial charge in [-0.3, -0.25) is 9.69 Å². The van der Waals surface area contributed by atoms with E-state index in [1.165, 1.54) is 0 Å². The van der Waals surface area contributed by atoms with Gasteiger partial charge < -0.3 is 4.74 Å². The molecule has 0 spiro atoms. The number of nitrogens with zero attached hydrogens (tertiary/aromatic N) is 1. The number of hydrogen-bond acceptors (Lipinski definition) is 2. The molecule has 0 fully saturated rings. The van der Waals surface area contributed by atoms with Crippen molar-refractivity contribution < 1.29 is 9.53 Å². The van der Waals surface area contributed by atoms with Crippen molar-refractivity contribution in [3.8, 4) is 0 Å². The highest BCUT2D eigenvalue weighted by Crippen LogP contribution is 2.23. The molecule has 0 heterocycles. The number of halogens is 1. The van der Waals surface area contributed by atoms with Gasteiger partial charge in [-0.1, -0.05) is 18.2 Å². The van der Waals surface area contributed by atoms with E-state index in [2.05, 4.69) is 0 Å². The summed E-state index contributed by atoms with van der Waals surface area (Å²) in [5.74, 6) is -0.157. The predicted molar refractivity (Wildman–Crippen MR) is 70.5 cm³/mol.